The van der Waals surface area contributed by atoms with Gasteiger partial charge in [-0.2, -0.15) is 5.10 Å². The van der Waals surface area contributed by atoms with Crippen molar-refractivity contribution in [3.8, 4) is 16.9 Å². The Morgan fingerprint density at radius 2 is 1.62 bits per heavy atom. The lowest BCUT2D eigenvalue weighted by Gasteiger charge is -2.22. The molecule has 0 unspecified atom stereocenters. The number of unbranched alkanes of at least 4 members (excludes halogenated alkanes) is 1. The quantitative estimate of drug-likeness (QED) is 0.266. The van der Waals surface area contributed by atoms with E-state index in [4.69, 9.17) is 16.7 Å². The minimum atomic E-state index is -0.305. The van der Waals surface area contributed by atoms with Crippen LogP contribution < -0.4 is 10.6 Å². The van der Waals surface area contributed by atoms with Crippen molar-refractivity contribution in [2.75, 3.05) is 18.4 Å². The first kappa shape index (κ1) is 26.0. The number of amides is 3. The van der Waals surface area contributed by atoms with Gasteiger partial charge in [-0.3, -0.25) is 4.79 Å². The fourth-order valence-electron chi connectivity index (χ4n) is 3.84. The zero-order chi connectivity index (χ0) is 26.0. The van der Waals surface area contributed by atoms with Gasteiger partial charge in [0, 0.05) is 29.7 Å². The fraction of sp³-hybridized carbons (Fsp3) is 0.207. The minimum absolute atomic E-state index is 0.0763. The van der Waals surface area contributed by atoms with E-state index in [-0.39, 0.29) is 18.5 Å². The van der Waals surface area contributed by atoms with E-state index in [9.17, 15) is 9.59 Å². The molecule has 0 aliphatic heterocycles. The molecule has 0 saturated heterocycles. The van der Waals surface area contributed by atoms with Gasteiger partial charge in [-0.05, 0) is 36.2 Å². The number of halogens is 1. The number of urea groups is 1. The van der Waals surface area contributed by atoms with Crippen LogP contribution in [-0.2, 0) is 11.3 Å². The third-order valence-corrected chi connectivity index (χ3v) is 6.06. The summed E-state index contributed by atoms with van der Waals surface area (Å²) in [5.74, 6) is 0.201. The zero-order valence-corrected chi connectivity index (χ0v) is 21.5. The van der Waals surface area contributed by atoms with Crippen LogP contribution in [0.1, 0.15) is 25.3 Å². The molecular weight excluding hydrogens is 486 g/mol. The van der Waals surface area contributed by atoms with Gasteiger partial charge in [-0.1, -0.05) is 85.6 Å². The number of carbonyl (C=O) groups is 2. The summed E-state index contributed by atoms with van der Waals surface area (Å²) in [4.78, 5) is 27.6. The van der Waals surface area contributed by atoms with E-state index >= 15 is 0 Å². The zero-order valence-electron chi connectivity index (χ0n) is 20.7. The van der Waals surface area contributed by atoms with Gasteiger partial charge in [-0.15, -0.1) is 0 Å². The van der Waals surface area contributed by atoms with E-state index in [1.165, 1.54) is 0 Å². The molecule has 37 heavy (non-hydrogen) atoms. The monoisotopic (exact) mass is 515 g/mol. The molecule has 3 amide bonds. The molecule has 4 rings (SSSR count). The molecule has 4 aromatic rings. The maximum atomic E-state index is 13.2. The number of anilines is 1. The Balaban J connectivity index is 1.51. The van der Waals surface area contributed by atoms with Gasteiger partial charge < -0.3 is 15.5 Å². The molecule has 0 aliphatic carbocycles. The molecule has 1 heterocycles. The van der Waals surface area contributed by atoms with Crippen LogP contribution in [0.2, 0.25) is 5.02 Å². The molecule has 0 atom stereocenters. The first-order valence-corrected chi connectivity index (χ1v) is 12.7. The first-order valence-electron chi connectivity index (χ1n) is 12.3. The molecule has 0 bridgehead atoms. The van der Waals surface area contributed by atoms with Crippen molar-refractivity contribution in [2.45, 2.75) is 26.3 Å². The van der Waals surface area contributed by atoms with Crippen molar-refractivity contribution < 1.29 is 9.59 Å². The van der Waals surface area contributed by atoms with Crippen molar-refractivity contribution in [1.82, 2.24) is 20.0 Å². The first-order chi connectivity index (χ1) is 18.0. The van der Waals surface area contributed by atoms with E-state index in [1.54, 1.807) is 21.7 Å². The van der Waals surface area contributed by atoms with E-state index < -0.39 is 0 Å². The number of benzene rings is 3. The number of rotatable bonds is 10. The summed E-state index contributed by atoms with van der Waals surface area (Å²) in [5, 5.41) is 11.2. The van der Waals surface area contributed by atoms with Crippen LogP contribution in [0, 0.1) is 0 Å². The predicted octanol–water partition coefficient (Wildman–Crippen LogP) is 6.14. The molecule has 2 N–H and O–H groups in total. The topological polar surface area (TPSA) is 79.3 Å². The van der Waals surface area contributed by atoms with Crippen LogP contribution in [-0.4, -0.2) is 39.7 Å². The van der Waals surface area contributed by atoms with Gasteiger partial charge >= 0.3 is 6.03 Å². The molecule has 0 saturated carbocycles. The lowest BCUT2D eigenvalue weighted by atomic mass is 10.1. The Morgan fingerprint density at radius 1 is 0.946 bits per heavy atom. The summed E-state index contributed by atoms with van der Waals surface area (Å²) in [7, 11) is 0. The van der Waals surface area contributed by atoms with Crippen LogP contribution in [0.4, 0.5) is 10.6 Å². The average Bonchev–Trinajstić information content (AvgIpc) is 3.34. The number of aromatic nitrogens is 2. The highest BCUT2D eigenvalue weighted by Gasteiger charge is 2.19. The molecule has 8 heteroatoms. The van der Waals surface area contributed by atoms with Crippen LogP contribution in [0.5, 0.6) is 0 Å². The summed E-state index contributed by atoms with van der Waals surface area (Å²) >= 11 is 6.07. The van der Waals surface area contributed by atoms with Gasteiger partial charge in [0.05, 0.1) is 11.4 Å². The molecular formula is C29H30ClN5O2. The second kappa shape index (κ2) is 12.7. The smallest absolute Gasteiger partial charge is 0.318 e. The summed E-state index contributed by atoms with van der Waals surface area (Å²) in [6, 6.07) is 28.2. The van der Waals surface area contributed by atoms with Crippen molar-refractivity contribution >= 4 is 29.4 Å². The molecule has 0 radical (unpaired) electrons. The highest BCUT2D eigenvalue weighted by molar-refractivity contribution is 6.30. The maximum Gasteiger partial charge on any atom is 0.318 e. The van der Waals surface area contributed by atoms with Gasteiger partial charge in [0.2, 0.25) is 5.91 Å². The number of nitrogens with zero attached hydrogens (tertiary/aromatic N) is 3. The van der Waals surface area contributed by atoms with E-state index in [0.29, 0.717) is 29.6 Å². The molecule has 3 aromatic carbocycles. The Kier molecular flexibility index (Phi) is 8.94. The van der Waals surface area contributed by atoms with Gasteiger partial charge in [0.25, 0.3) is 0 Å². The lowest BCUT2D eigenvalue weighted by Crippen LogP contribution is -2.44. The molecule has 0 spiro atoms. The fourth-order valence-corrected chi connectivity index (χ4v) is 3.97. The largest absolute Gasteiger partial charge is 0.334 e. The average molecular weight is 516 g/mol. The summed E-state index contributed by atoms with van der Waals surface area (Å²) in [6.45, 7) is 2.85. The highest BCUT2D eigenvalue weighted by Crippen LogP contribution is 2.25. The molecule has 190 valence electrons. The summed E-state index contributed by atoms with van der Waals surface area (Å²) < 4.78 is 1.67. The Hall–Kier alpha value is -4.10. The van der Waals surface area contributed by atoms with Crippen molar-refractivity contribution in [3.05, 3.63) is 102 Å². The van der Waals surface area contributed by atoms with Crippen molar-refractivity contribution in [2.24, 2.45) is 0 Å². The second-order valence-corrected chi connectivity index (χ2v) is 9.07. The Labute approximate surface area is 222 Å². The van der Waals surface area contributed by atoms with E-state index in [2.05, 4.69) is 17.6 Å². The minimum Gasteiger partial charge on any atom is -0.334 e. The van der Waals surface area contributed by atoms with Crippen molar-refractivity contribution in [3.63, 3.8) is 0 Å². The lowest BCUT2D eigenvalue weighted by molar-refractivity contribution is -0.116. The summed E-state index contributed by atoms with van der Waals surface area (Å²) in [6.07, 6.45) is 1.71. The number of carbonyl (C=O) groups excluding carboxylic acids is 2. The third kappa shape index (κ3) is 7.21. The predicted molar refractivity (Wildman–Crippen MR) is 148 cm³/mol. The molecule has 7 nitrogen and oxygen atoms in total. The van der Waals surface area contributed by atoms with Crippen molar-refractivity contribution in [1.29, 1.82) is 0 Å². The Morgan fingerprint density at radius 3 is 2.30 bits per heavy atom. The summed E-state index contributed by atoms with van der Waals surface area (Å²) in [5.41, 5.74) is 3.39. The van der Waals surface area contributed by atoms with E-state index in [0.717, 1.165) is 29.7 Å². The van der Waals surface area contributed by atoms with Crippen LogP contribution in [0.3, 0.4) is 0 Å². The maximum absolute atomic E-state index is 13.2. The normalized spacial score (nSPS) is 10.6. The second-order valence-electron chi connectivity index (χ2n) is 8.64. The van der Waals surface area contributed by atoms with Gasteiger partial charge in [0.15, 0.2) is 0 Å². The third-order valence-electron chi connectivity index (χ3n) is 5.81. The Bertz CT molecular complexity index is 1310. The SMILES string of the molecule is CCCCN(CC(=O)Nc1cc(-c2ccccc2)nn1-c1ccc(Cl)cc1)C(=O)NCc1ccccc1. The van der Waals surface area contributed by atoms with Crippen LogP contribution in [0.25, 0.3) is 16.9 Å². The number of hydrogen-bond donors (Lipinski definition) is 2. The van der Waals surface area contributed by atoms with Gasteiger partial charge in [0.1, 0.15) is 12.4 Å². The molecule has 1 aromatic heterocycles. The molecule has 0 fully saturated rings. The van der Waals surface area contributed by atoms with Crippen LogP contribution >= 0.6 is 11.6 Å². The van der Waals surface area contributed by atoms with Gasteiger partial charge in [-0.25, -0.2) is 9.48 Å². The highest BCUT2D eigenvalue weighted by atomic mass is 35.5. The number of hydrogen-bond acceptors (Lipinski definition) is 3. The number of nitrogens with one attached hydrogen (secondary N) is 2. The van der Waals surface area contributed by atoms with Crippen LogP contribution in [0.15, 0.2) is 91.0 Å². The van der Waals surface area contributed by atoms with E-state index in [1.807, 2.05) is 78.9 Å². The standard InChI is InChI=1S/C29H30ClN5O2/c1-2-3-18-34(29(37)31-20-22-10-6-4-7-11-22)21-28(36)32-27-19-26(23-12-8-5-9-13-23)33-35(27)25-16-14-24(30)15-17-25/h4-17,19H,2-3,18,20-21H2,1H3,(H,31,37)(H,32,36). The molecule has 0 aliphatic rings.